The van der Waals surface area contributed by atoms with Crippen molar-refractivity contribution in [2.75, 3.05) is 13.2 Å². The van der Waals surface area contributed by atoms with E-state index in [1.807, 2.05) is 0 Å². The van der Waals surface area contributed by atoms with Gasteiger partial charge in [-0.3, -0.25) is 14.4 Å². The predicted molar refractivity (Wildman–Crippen MR) is 215 cm³/mol. The Morgan fingerprint density at radius 2 is 0.647 bits per heavy atom. The Bertz CT molecular complexity index is 779. The van der Waals surface area contributed by atoms with Crippen LogP contribution < -0.4 is 0 Å². The Labute approximate surface area is 317 Å². The Morgan fingerprint density at radius 3 is 0.961 bits per heavy atom. The Balaban J connectivity index is 4.34. The molecule has 51 heavy (non-hydrogen) atoms. The first-order chi connectivity index (χ1) is 24.7. The first kappa shape index (κ1) is 49.4. The molecule has 0 spiro atoms. The molecule has 6 heteroatoms. The summed E-state index contributed by atoms with van der Waals surface area (Å²) in [5, 5.41) is 0. The van der Waals surface area contributed by atoms with E-state index >= 15 is 0 Å². The first-order valence-corrected chi connectivity index (χ1v) is 22.2. The maximum atomic E-state index is 12.7. The summed E-state index contributed by atoms with van der Waals surface area (Å²) in [6, 6.07) is 0. The van der Waals surface area contributed by atoms with Gasteiger partial charge in [0.2, 0.25) is 0 Å². The number of unbranched alkanes of at least 4 members (excludes halogenated alkanes) is 24. The topological polar surface area (TPSA) is 78.9 Å². The monoisotopic (exact) mass is 723 g/mol. The highest BCUT2D eigenvalue weighted by Gasteiger charge is 2.19. The summed E-state index contributed by atoms with van der Waals surface area (Å²) in [7, 11) is 0. The Hall–Kier alpha value is -1.59. The van der Waals surface area contributed by atoms with E-state index < -0.39 is 6.10 Å². The smallest absolute Gasteiger partial charge is 0.306 e. The highest BCUT2D eigenvalue weighted by atomic mass is 16.6. The van der Waals surface area contributed by atoms with Gasteiger partial charge in [-0.25, -0.2) is 0 Å². The van der Waals surface area contributed by atoms with E-state index in [4.69, 9.17) is 14.2 Å². The van der Waals surface area contributed by atoms with Gasteiger partial charge in [-0.05, 0) is 31.1 Å². The van der Waals surface area contributed by atoms with E-state index in [0.717, 1.165) is 69.6 Å². The molecular formula is C45H86O6. The molecule has 0 amide bonds. The lowest BCUT2D eigenvalue weighted by Gasteiger charge is -2.18. The van der Waals surface area contributed by atoms with Gasteiger partial charge in [0.1, 0.15) is 13.2 Å². The summed E-state index contributed by atoms with van der Waals surface area (Å²) in [6.07, 6.45) is 35.2. The summed E-state index contributed by atoms with van der Waals surface area (Å²) in [6.45, 7) is 11.3. The molecule has 302 valence electrons. The predicted octanol–water partition coefficient (Wildman–Crippen LogP) is 13.8. The highest BCUT2D eigenvalue weighted by molar-refractivity contribution is 5.71. The summed E-state index contributed by atoms with van der Waals surface area (Å²) in [5.74, 6) is 0.727. The molecule has 0 aliphatic heterocycles. The van der Waals surface area contributed by atoms with Gasteiger partial charge in [-0.1, -0.05) is 202 Å². The lowest BCUT2D eigenvalue weighted by Crippen LogP contribution is -2.30. The van der Waals surface area contributed by atoms with Gasteiger partial charge in [-0.2, -0.15) is 0 Å². The number of rotatable bonds is 39. The summed E-state index contributed by atoms with van der Waals surface area (Å²) >= 11 is 0. The number of carbonyl (C=O) groups is 3. The zero-order valence-corrected chi connectivity index (χ0v) is 34.7. The highest BCUT2D eigenvalue weighted by Crippen LogP contribution is 2.16. The molecule has 0 aromatic rings. The standard InChI is InChI=1S/C45H86O6/c1-6-7-8-9-10-11-12-15-21-27-32-37-45(48)51-42(39-50-44(47)36-31-26-22-17-19-24-29-34-41(4)5)38-49-43(46)35-30-25-20-16-13-14-18-23-28-33-40(2)3/h40-42H,6-39H2,1-5H3/t42-/m0/s1. The van der Waals surface area contributed by atoms with Crippen molar-refractivity contribution in [2.45, 2.75) is 246 Å². The largest absolute Gasteiger partial charge is 0.462 e. The van der Waals surface area contributed by atoms with Crippen LogP contribution in [0.15, 0.2) is 0 Å². The van der Waals surface area contributed by atoms with Crippen LogP contribution in [0.3, 0.4) is 0 Å². The molecule has 0 N–H and O–H groups in total. The van der Waals surface area contributed by atoms with E-state index in [0.29, 0.717) is 19.3 Å². The Morgan fingerprint density at radius 1 is 0.373 bits per heavy atom. The van der Waals surface area contributed by atoms with Crippen LogP contribution in [0.25, 0.3) is 0 Å². The van der Waals surface area contributed by atoms with Crippen molar-refractivity contribution in [3.05, 3.63) is 0 Å². The molecular weight excluding hydrogens is 636 g/mol. The molecule has 0 fully saturated rings. The molecule has 0 aromatic heterocycles. The van der Waals surface area contributed by atoms with Crippen LogP contribution in [0.5, 0.6) is 0 Å². The second-order valence-electron chi connectivity index (χ2n) is 16.3. The normalized spacial score (nSPS) is 12.1. The minimum absolute atomic E-state index is 0.0657. The maximum Gasteiger partial charge on any atom is 0.306 e. The minimum atomic E-state index is -0.760. The third-order valence-corrected chi connectivity index (χ3v) is 9.97. The number of hydrogen-bond donors (Lipinski definition) is 0. The molecule has 1 atom stereocenters. The number of esters is 3. The van der Waals surface area contributed by atoms with Crippen molar-refractivity contribution in [2.24, 2.45) is 11.8 Å². The van der Waals surface area contributed by atoms with Crippen LogP contribution >= 0.6 is 0 Å². The Kier molecular flexibility index (Phi) is 37.0. The third kappa shape index (κ3) is 39.5. The molecule has 0 radical (unpaired) electrons. The maximum absolute atomic E-state index is 12.7. The third-order valence-electron chi connectivity index (χ3n) is 9.97. The number of hydrogen-bond acceptors (Lipinski definition) is 6. The van der Waals surface area contributed by atoms with E-state index in [-0.39, 0.29) is 31.1 Å². The average molecular weight is 723 g/mol. The molecule has 0 aliphatic carbocycles. The zero-order valence-electron chi connectivity index (χ0n) is 34.7. The van der Waals surface area contributed by atoms with E-state index in [1.54, 1.807) is 0 Å². The van der Waals surface area contributed by atoms with Crippen molar-refractivity contribution >= 4 is 17.9 Å². The number of carbonyl (C=O) groups excluding carboxylic acids is 3. The van der Waals surface area contributed by atoms with Gasteiger partial charge in [0.05, 0.1) is 0 Å². The molecule has 0 rings (SSSR count). The van der Waals surface area contributed by atoms with Gasteiger partial charge in [-0.15, -0.1) is 0 Å². The quantitative estimate of drug-likeness (QED) is 0.0357. The van der Waals surface area contributed by atoms with E-state index in [9.17, 15) is 14.4 Å². The van der Waals surface area contributed by atoms with Crippen LogP contribution in [-0.2, 0) is 28.6 Å². The SMILES string of the molecule is CCCCCCCCCCCCCC(=O)O[C@@H](COC(=O)CCCCCCCCCCCC(C)C)COC(=O)CCCCCCCCCC(C)C. The van der Waals surface area contributed by atoms with Crippen molar-refractivity contribution in [3.8, 4) is 0 Å². The molecule has 0 aromatic carbocycles. The molecule has 0 bridgehead atoms. The summed E-state index contributed by atoms with van der Waals surface area (Å²) in [5.41, 5.74) is 0. The second-order valence-corrected chi connectivity index (χ2v) is 16.3. The van der Waals surface area contributed by atoms with Crippen LogP contribution in [0.2, 0.25) is 0 Å². The van der Waals surface area contributed by atoms with Crippen molar-refractivity contribution in [1.82, 2.24) is 0 Å². The van der Waals surface area contributed by atoms with Crippen LogP contribution in [-0.4, -0.2) is 37.2 Å². The fourth-order valence-electron chi connectivity index (χ4n) is 6.58. The summed E-state index contributed by atoms with van der Waals surface area (Å²) < 4.78 is 16.7. The van der Waals surface area contributed by atoms with Crippen LogP contribution in [0.4, 0.5) is 0 Å². The minimum Gasteiger partial charge on any atom is -0.462 e. The van der Waals surface area contributed by atoms with Gasteiger partial charge in [0.25, 0.3) is 0 Å². The molecule has 0 saturated carbocycles. The second kappa shape index (κ2) is 38.1. The van der Waals surface area contributed by atoms with Crippen molar-refractivity contribution < 1.29 is 28.6 Å². The number of ether oxygens (including phenoxy) is 3. The van der Waals surface area contributed by atoms with Gasteiger partial charge in [0.15, 0.2) is 6.10 Å². The van der Waals surface area contributed by atoms with Crippen LogP contribution in [0.1, 0.15) is 240 Å². The summed E-state index contributed by atoms with van der Waals surface area (Å²) in [4.78, 5) is 37.6. The van der Waals surface area contributed by atoms with Gasteiger partial charge < -0.3 is 14.2 Å². The van der Waals surface area contributed by atoms with Crippen LogP contribution in [0, 0.1) is 11.8 Å². The average Bonchev–Trinajstić information content (AvgIpc) is 3.09. The zero-order chi connectivity index (χ0) is 37.6. The molecule has 0 unspecified atom stereocenters. The van der Waals surface area contributed by atoms with E-state index in [1.165, 1.54) is 128 Å². The fraction of sp³-hybridized carbons (Fsp3) is 0.933. The fourth-order valence-corrected chi connectivity index (χ4v) is 6.58. The molecule has 0 heterocycles. The lowest BCUT2D eigenvalue weighted by atomic mass is 10.0. The molecule has 6 nitrogen and oxygen atoms in total. The van der Waals surface area contributed by atoms with Gasteiger partial charge in [0, 0.05) is 19.3 Å². The van der Waals surface area contributed by atoms with Crippen molar-refractivity contribution in [3.63, 3.8) is 0 Å². The lowest BCUT2D eigenvalue weighted by molar-refractivity contribution is -0.167. The van der Waals surface area contributed by atoms with E-state index in [2.05, 4.69) is 34.6 Å². The first-order valence-electron chi connectivity index (χ1n) is 22.2. The molecule has 0 saturated heterocycles. The van der Waals surface area contributed by atoms with Crippen molar-refractivity contribution in [1.29, 1.82) is 0 Å². The van der Waals surface area contributed by atoms with Gasteiger partial charge >= 0.3 is 17.9 Å². The molecule has 0 aliphatic rings.